The summed E-state index contributed by atoms with van der Waals surface area (Å²) in [7, 11) is 1.60. The summed E-state index contributed by atoms with van der Waals surface area (Å²) in [5.41, 5.74) is 10.1. The van der Waals surface area contributed by atoms with Gasteiger partial charge in [0.25, 0.3) is 5.56 Å². The molecule has 0 aliphatic heterocycles. The lowest BCUT2D eigenvalue weighted by Gasteiger charge is -2.19. The molecular formula is C23H27N3O3S. The molecule has 0 bridgehead atoms. The maximum Gasteiger partial charge on any atom is 0.263 e. The van der Waals surface area contributed by atoms with Crippen LogP contribution in [0.1, 0.15) is 49.2 Å². The molecule has 1 aliphatic rings. The molecule has 1 aliphatic carbocycles. The maximum atomic E-state index is 13.6. The van der Waals surface area contributed by atoms with Crippen LogP contribution in [0.2, 0.25) is 0 Å². The zero-order valence-electron chi connectivity index (χ0n) is 17.4. The van der Waals surface area contributed by atoms with E-state index in [0.29, 0.717) is 35.5 Å². The van der Waals surface area contributed by atoms with E-state index in [0.717, 1.165) is 24.0 Å². The first-order valence-corrected chi connectivity index (χ1v) is 11.4. The molecule has 158 valence electrons. The molecule has 0 saturated heterocycles. The van der Waals surface area contributed by atoms with Gasteiger partial charge in [0.1, 0.15) is 16.7 Å². The van der Waals surface area contributed by atoms with Gasteiger partial charge in [0.15, 0.2) is 0 Å². The molecule has 7 heteroatoms. The van der Waals surface area contributed by atoms with Gasteiger partial charge in [-0.05, 0) is 48.8 Å². The van der Waals surface area contributed by atoms with E-state index in [1.54, 1.807) is 7.11 Å². The fourth-order valence-corrected chi connectivity index (χ4v) is 5.32. The van der Waals surface area contributed by atoms with Gasteiger partial charge in [-0.1, -0.05) is 25.1 Å². The van der Waals surface area contributed by atoms with Crippen LogP contribution in [0.3, 0.4) is 0 Å². The molecule has 4 rings (SSSR count). The van der Waals surface area contributed by atoms with Gasteiger partial charge in [-0.25, -0.2) is 4.98 Å². The summed E-state index contributed by atoms with van der Waals surface area (Å²) < 4.78 is 6.67. The third-order valence-electron chi connectivity index (χ3n) is 5.93. The largest absolute Gasteiger partial charge is 0.384 e. The van der Waals surface area contributed by atoms with Crippen LogP contribution in [0.5, 0.6) is 0 Å². The van der Waals surface area contributed by atoms with Gasteiger partial charge in [0.05, 0.1) is 12.0 Å². The highest BCUT2D eigenvalue weighted by Crippen LogP contribution is 2.34. The van der Waals surface area contributed by atoms with Crippen molar-refractivity contribution in [3.8, 4) is 11.1 Å². The van der Waals surface area contributed by atoms with Crippen LogP contribution in [-0.2, 0) is 28.8 Å². The average Bonchev–Trinajstić information content (AvgIpc) is 3.18. The molecule has 6 nitrogen and oxygen atoms in total. The van der Waals surface area contributed by atoms with Crippen LogP contribution in [0.25, 0.3) is 21.3 Å². The number of nitrogens with two attached hydrogens (primary N) is 1. The number of benzene rings is 1. The Hall–Kier alpha value is -2.51. The molecule has 2 aromatic heterocycles. The number of carbonyl (C=O) groups excluding carboxylic acids is 1. The van der Waals surface area contributed by atoms with Crippen LogP contribution in [0.15, 0.2) is 28.4 Å². The van der Waals surface area contributed by atoms with Gasteiger partial charge in [-0.15, -0.1) is 11.3 Å². The Morgan fingerprint density at radius 3 is 2.77 bits per heavy atom. The number of ether oxygens (including phenoxy) is 1. The molecule has 1 unspecified atom stereocenters. The van der Waals surface area contributed by atoms with Gasteiger partial charge in [0.2, 0.25) is 5.91 Å². The lowest BCUT2D eigenvalue weighted by Crippen LogP contribution is -2.36. The van der Waals surface area contributed by atoms with E-state index >= 15 is 0 Å². The Balaban J connectivity index is 1.92. The molecule has 2 heterocycles. The zero-order chi connectivity index (χ0) is 21.3. The second-order valence-electron chi connectivity index (χ2n) is 7.79. The fraction of sp³-hybridized carbons (Fsp3) is 0.435. The Labute approximate surface area is 179 Å². The van der Waals surface area contributed by atoms with Crippen LogP contribution < -0.4 is 11.3 Å². The third kappa shape index (κ3) is 3.68. The number of thiophene rings is 1. The fourth-order valence-electron chi connectivity index (χ4n) is 4.36. The molecule has 2 N–H and O–H groups in total. The molecule has 0 fully saturated rings. The number of carbonyl (C=O) groups is 1. The minimum atomic E-state index is -0.725. The number of methoxy groups -OCH3 is 1. The summed E-state index contributed by atoms with van der Waals surface area (Å²) in [5, 5.41) is 2.57. The summed E-state index contributed by atoms with van der Waals surface area (Å²) in [6.45, 7) is 2.26. The van der Waals surface area contributed by atoms with Gasteiger partial charge < -0.3 is 10.5 Å². The van der Waals surface area contributed by atoms with Crippen molar-refractivity contribution in [1.82, 2.24) is 9.55 Å². The zero-order valence-corrected chi connectivity index (χ0v) is 18.3. The van der Waals surface area contributed by atoms with E-state index < -0.39 is 11.9 Å². The summed E-state index contributed by atoms with van der Waals surface area (Å²) in [6, 6.07) is 5.77. The number of aryl methyl sites for hydroxylation is 2. The Bertz CT molecular complexity index is 1150. The monoisotopic (exact) mass is 425 g/mol. The van der Waals surface area contributed by atoms with Crippen molar-refractivity contribution in [3.05, 3.63) is 50.9 Å². The highest BCUT2D eigenvalue weighted by Gasteiger charge is 2.24. The van der Waals surface area contributed by atoms with E-state index in [1.165, 1.54) is 39.9 Å². The number of amides is 1. The molecule has 1 atom stereocenters. The highest BCUT2D eigenvalue weighted by molar-refractivity contribution is 7.17. The number of hydrogen-bond donors (Lipinski definition) is 1. The van der Waals surface area contributed by atoms with Crippen molar-refractivity contribution in [2.45, 2.75) is 51.5 Å². The van der Waals surface area contributed by atoms with E-state index in [-0.39, 0.29) is 5.56 Å². The number of nitrogens with zero attached hydrogens (tertiary/aromatic N) is 2. The second kappa shape index (κ2) is 8.70. The van der Waals surface area contributed by atoms with Gasteiger partial charge in [-0.3, -0.25) is 14.2 Å². The molecule has 1 amide bonds. The normalized spacial score (nSPS) is 14.6. The van der Waals surface area contributed by atoms with Crippen LogP contribution in [0, 0.1) is 0 Å². The highest BCUT2D eigenvalue weighted by atomic mass is 32.1. The van der Waals surface area contributed by atoms with E-state index in [2.05, 4.69) is 18.2 Å². The van der Waals surface area contributed by atoms with Crippen molar-refractivity contribution < 1.29 is 9.53 Å². The van der Waals surface area contributed by atoms with Gasteiger partial charge in [0, 0.05) is 24.5 Å². The topological polar surface area (TPSA) is 87.2 Å². The smallest absolute Gasteiger partial charge is 0.263 e. The SMILES string of the molecule is CCC(C(N)=O)n1c(CCOC)nc2scc(-c3ccc4c(c3)CCCC4)c2c1=O. The first kappa shape index (κ1) is 20.8. The summed E-state index contributed by atoms with van der Waals surface area (Å²) in [6.07, 6.45) is 5.51. The first-order chi connectivity index (χ1) is 14.5. The molecule has 0 saturated carbocycles. The van der Waals surface area contributed by atoms with Crippen LogP contribution in [0.4, 0.5) is 0 Å². The second-order valence-corrected chi connectivity index (χ2v) is 8.65. The summed E-state index contributed by atoms with van der Waals surface area (Å²) in [4.78, 5) is 31.2. The molecular weight excluding hydrogens is 398 g/mol. The van der Waals surface area contributed by atoms with Gasteiger partial charge in [-0.2, -0.15) is 0 Å². The predicted octanol–water partition coefficient (Wildman–Crippen LogP) is 3.63. The van der Waals surface area contributed by atoms with E-state index in [9.17, 15) is 9.59 Å². The molecule has 0 spiro atoms. The lowest BCUT2D eigenvalue weighted by atomic mass is 9.89. The van der Waals surface area contributed by atoms with Crippen molar-refractivity contribution >= 4 is 27.5 Å². The summed E-state index contributed by atoms with van der Waals surface area (Å²) in [5.74, 6) is 0.0174. The van der Waals surface area contributed by atoms with Crippen LogP contribution >= 0.6 is 11.3 Å². The van der Waals surface area contributed by atoms with Gasteiger partial charge >= 0.3 is 0 Å². The Kier molecular flexibility index (Phi) is 6.01. The summed E-state index contributed by atoms with van der Waals surface area (Å²) >= 11 is 1.46. The quantitative estimate of drug-likeness (QED) is 0.626. The number of aromatic nitrogens is 2. The van der Waals surface area contributed by atoms with Crippen molar-refractivity contribution in [2.24, 2.45) is 5.73 Å². The van der Waals surface area contributed by atoms with Crippen molar-refractivity contribution in [1.29, 1.82) is 0 Å². The maximum absolute atomic E-state index is 13.6. The molecule has 30 heavy (non-hydrogen) atoms. The molecule has 3 aromatic rings. The average molecular weight is 426 g/mol. The Morgan fingerprint density at radius 1 is 1.30 bits per heavy atom. The van der Waals surface area contributed by atoms with Crippen molar-refractivity contribution in [3.63, 3.8) is 0 Å². The van der Waals surface area contributed by atoms with Crippen molar-refractivity contribution in [2.75, 3.05) is 13.7 Å². The molecule has 1 aromatic carbocycles. The number of fused-ring (bicyclic) bond motifs is 2. The molecule has 0 radical (unpaired) electrons. The third-order valence-corrected chi connectivity index (χ3v) is 6.80. The minimum Gasteiger partial charge on any atom is -0.384 e. The first-order valence-electron chi connectivity index (χ1n) is 10.5. The van der Waals surface area contributed by atoms with E-state index in [4.69, 9.17) is 15.5 Å². The standard InChI is InChI=1S/C23H27N3O3S/c1-3-18(21(24)27)26-19(10-11-29-2)25-22-20(23(26)28)17(13-30-22)16-9-8-14-6-4-5-7-15(14)12-16/h8-9,12-13,18H,3-7,10-11H2,1-2H3,(H2,24,27). The minimum absolute atomic E-state index is 0.203. The number of primary amides is 1. The predicted molar refractivity (Wildman–Crippen MR) is 120 cm³/mol. The Morgan fingerprint density at radius 2 is 2.07 bits per heavy atom. The number of rotatable bonds is 7. The van der Waals surface area contributed by atoms with E-state index in [1.807, 2.05) is 12.3 Å². The van der Waals surface area contributed by atoms with Crippen LogP contribution in [-0.4, -0.2) is 29.2 Å². The lowest BCUT2D eigenvalue weighted by molar-refractivity contribution is -0.121. The number of hydrogen-bond acceptors (Lipinski definition) is 5.